The summed E-state index contributed by atoms with van der Waals surface area (Å²) in [6.07, 6.45) is 1.05. The molecular formula is C19H22N4O2S. The highest BCUT2D eigenvalue weighted by Crippen LogP contribution is 2.44. The van der Waals surface area contributed by atoms with Gasteiger partial charge in [0, 0.05) is 41.4 Å². The standard InChI is InChI=1S/C19H22N4O2S/c24-19(22-7-9-25-10-8-22)17-15-12-26-16-4-2-1-3-14(16)18(15)23(21-17)13-5-6-20-11-13/h1-4,13,20H,5-12H2. The van der Waals surface area contributed by atoms with E-state index < -0.39 is 0 Å². The number of benzene rings is 1. The summed E-state index contributed by atoms with van der Waals surface area (Å²) >= 11 is 1.80. The first-order valence-electron chi connectivity index (χ1n) is 9.24. The van der Waals surface area contributed by atoms with Crippen LogP contribution >= 0.6 is 11.8 Å². The second-order valence-electron chi connectivity index (χ2n) is 6.96. The minimum Gasteiger partial charge on any atom is -0.378 e. The largest absolute Gasteiger partial charge is 0.378 e. The zero-order valence-corrected chi connectivity index (χ0v) is 15.4. The first kappa shape index (κ1) is 16.4. The van der Waals surface area contributed by atoms with Crippen LogP contribution in [0.1, 0.15) is 28.5 Å². The van der Waals surface area contributed by atoms with E-state index in [4.69, 9.17) is 9.84 Å². The Labute approximate surface area is 156 Å². The van der Waals surface area contributed by atoms with Crippen molar-refractivity contribution in [3.63, 3.8) is 0 Å². The van der Waals surface area contributed by atoms with E-state index >= 15 is 0 Å². The van der Waals surface area contributed by atoms with Crippen LogP contribution in [0.15, 0.2) is 29.2 Å². The average molecular weight is 370 g/mol. The van der Waals surface area contributed by atoms with Crippen LogP contribution < -0.4 is 5.32 Å². The molecule has 0 spiro atoms. The third-order valence-electron chi connectivity index (χ3n) is 5.40. The van der Waals surface area contributed by atoms with Gasteiger partial charge in [0.05, 0.1) is 24.9 Å². The van der Waals surface area contributed by atoms with Crippen molar-refractivity contribution in [1.82, 2.24) is 20.0 Å². The molecule has 1 aromatic heterocycles. The predicted molar refractivity (Wildman–Crippen MR) is 100 cm³/mol. The number of aromatic nitrogens is 2. The highest BCUT2D eigenvalue weighted by molar-refractivity contribution is 7.98. The van der Waals surface area contributed by atoms with Crippen LogP contribution in [0.25, 0.3) is 11.3 Å². The fourth-order valence-corrected chi connectivity index (χ4v) is 5.10. The third kappa shape index (κ3) is 2.66. The van der Waals surface area contributed by atoms with Crippen molar-refractivity contribution in [1.29, 1.82) is 0 Å². The van der Waals surface area contributed by atoms with E-state index in [0.29, 0.717) is 38.0 Å². The van der Waals surface area contributed by atoms with Crippen LogP contribution in [0.3, 0.4) is 0 Å². The predicted octanol–water partition coefficient (Wildman–Crippen LogP) is 2.16. The molecule has 0 saturated carbocycles. The average Bonchev–Trinajstić information content (AvgIpc) is 3.36. The number of ether oxygens (including phenoxy) is 1. The van der Waals surface area contributed by atoms with Crippen LogP contribution in [0, 0.1) is 0 Å². The Balaban J connectivity index is 1.62. The molecule has 5 rings (SSSR count). The number of hydrogen-bond donors (Lipinski definition) is 1. The molecule has 1 atom stereocenters. The Morgan fingerprint density at radius 2 is 2.12 bits per heavy atom. The van der Waals surface area contributed by atoms with E-state index in [1.807, 2.05) is 4.90 Å². The first-order chi connectivity index (χ1) is 12.8. The Hall–Kier alpha value is -1.83. The van der Waals surface area contributed by atoms with Crippen molar-refractivity contribution >= 4 is 17.7 Å². The van der Waals surface area contributed by atoms with Gasteiger partial charge in [-0.25, -0.2) is 0 Å². The number of hydrogen-bond acceptors (Lipinski definition) is 5. The van der Waals surface area contributed by atoms with Gasteiger partial charge < -0.3 is 15.0 Å². The normalized spacial score (nSPS) is 22.2. The molecule has 0 radical (unpaired) electrons. The summed E-state index contributed by atoms with van der Waals surface area (Å²) in [4.78, 5) is 16.3. The summed E-state index contributed by atoms with van der Waals surface area (Å²) in [5, 5.41) is 8.30. The van der Waals surface area contributed by atoms with Gasteiger partial charge in [0.15, 0.2) is 5.69 Å². The number of rotatable bonds is 2. The fraction of sp³-hybridized carbons (Fsp3) is 0.474. The van der Waals surface area contributed by atoms with E-state index in [-0.39, 0.29) is 5.91 Å². The van der Waals surface area contributed by atoms with Crippen molar-refractivity contribution in [3.8, 4) is 11.3 Å². The van der Waals surface area contributed by atoms with Gasteiger partial charge in [-0.1, -0.05) is 18.2 Å². The van der Waals surface area contributed by atoms with E-state index in [1.165, 1.54) is 10.5 Å². The monoisotopic (exact) mass is 370 g/mol. The minimum atomic E-state index is 0.0502. The molecule has 3 aliphatic rings. The van der Waals surface area contributed by atoms with Crippen LogP contribution in [0.5, 0.6) is 0 Å². The maximum atomic E-state index is 13.2. The van der Waals surface area contributed by atoms with Gasteiger partial charge in [0.1, 0.15) is 0 Å². The summed E-state index contributed by atoms with van der Waals surface area (Å²) in [5.74, 6) is 0.854. The maximum absolute atomic E-state index is 13.2. The second kappa shape index (κ2) is 6.72. The molecule has 26 heavy (non-hydrogen) atoms. The molecule has 1 N–H and O–H groups in total. The van der Waals surface area contributed by atoms with Gasteiger partial charge in [-0.15, -0.1) is 11.8 Å². The first-order valence-corrected chi connectivity index (χ1v) is 10.2. The molecular weight excluding hydrogens is 348 g/mol. The summed E-state index contributed by atoms with van der Waals surface area (Å²) in [7, 11) is 0. The molecule has 4 heterocycles. The number of nitrogens with one attached hydrogen (secondary N) is 1. The minimum absolute atomic E-state index is 0.0502. The number of carbonyl (C=O) groups excluding carboxylic acids is 1. The lowest BCUT2D eigenvalue weighted by molar-refractivity contribution is 0.0297. The zero-order chi connectivity index (χ0) is 17.5. The molecule has 0 bridgehead atoms. The number of carbonyl (C=O) groups is 1. The van der Waals surface area contributed by atoms with E-state index in [9.17, 15) is 4.79 Å². The van der Waals surface area contributed by atoms with Crippen molar-refractivity contribution in [2.45, 2.75) is 23.1 Å². The molecule has 7 heteroatoms. The van der Waals surface area contributed by atoms with Gasteiger partial charge in [-0.2, -0.15) is 5.10 Å². The lowest BCUT2D eigenvalue weighted by atomic mass is 10.0. The topological polar surface area (TPSA) is 59.4 Å². The van der Waals surface area contributed by atoms with Crippen LogP contribution in [0.2, 0.25) is 0 Å². The fourth-order valence-electron chi connectivity index (χ4n) is 4.03. The van der Waals surface area contributed by atoms with Crippen LogP contribution in [-0.4, -0.2) is 60.0 Å². The maximum Gasteiger partial charge on any atom is 0.274 e. The molecule has 1 unspecified atom stereocenters. The van der Waals surface area contributed by atoms with Gasteiger partial charge in [-0.05, 0) is 19.0 Å². The Morgan fingerprint density at radius 3 is 2.92 bits per heavy atom. The molecule has 2 aromatic rings. The van der Waals surface area contributed by atoms with E-state index in [1.54, 1.807) is 11.8 Å². The third-order valence-corrected chi connectivity index (χ3v) is 6.50. The van der Waals surface area contributed by atoms with Crippen LogP contribution in [-0.2, 0) is 10.5 Å². The van der Waals surface area contributed by atoms with Gasteiger partial charge >= 0.3 is 0 Å². The highest BCUT2D eigenvalue weighted by atomic mass is 32.2. The quantitative estimate of drug-likeness (QED) is 0.878. The smallest absolute Gasteiger partial charge is 0.274 e. The number of fused-ring (bicyclic) bond motifs is 3. The molecule has 1 amide bonds. The van der Waals surface area contributed by atoms with E-state index in [2.05, 4.69) is 34.3 Å². The summed E-state index contributed by atoms with van der Waals surface area (Å²) < 4.78 is 7.53. The van der Waals surface area contributed by atoms with Crippen molar-refractivity contribution in [2.24, 2.45) is 0 Å². The molecule has 6 nitrogen and oxygen atoms in total. The Morgan fingerprint density at radius 1 is 1.27 bits per heavy atom. The number of thioether (sulfide) groups is 1. The number of nitrogens with zero attached hydrogens (tertiary/aromatic N) is 3. The van der Waals surface area contributed by atoms with E-state index in [0.717, 1.165) is 36.5 Å². The van der Waals surface area contributed by atoms with Gasteiger partial charge in [-0.3, -0.25) is 9.48 Å². The molecule has 0 aliphatic carbocycles. The SMILES string of the molecule is O=C(c1nn(C2CCNC2)c2c1CSc1ccccc1-2)N1CCOCC1. The number of morpholine rings is 1. The summed E-state index contributed by atoms with van der Waals surface area (Å²) in [5.41, 5.74) is 4.08. The molecule has 3 aliphatic heterocycles. The lowest BCUT2D eigenvalue weighted by Crippen LogP contribution is -2.41. The Kier molecular flexibility index (Phi) is 4.23. The second-order valence-corrected chi connectivity index (χ2v) is 7.97. The van der Waals surface area contributed by atoms with Crippen molar-refractivity contribution in [3.05, 3.63) is 35.5 Å². The van der Waals surface area contributed by atoms with Crippen molar-refractivity contribution in [2.75, 3.05) is 39.4 Å². The zero-order valence-electron chi connectivity index (χ0n) is 14.6. The summed E-state index contributed by atoms with van der Waals surface area (Å²) in [6, 6.07) is 8.78. The van der Waals surface area contributed by atoms with Gasteiger partial charge in [0.2, 0.25) is 0 Å². The van der Waals surface area contributed by atoms with Crippen molar-refractivity contribution < 1.29 is 9.53 Å². The lowest BCUT2D eigenvalue weighted by Gasteiger charge is -2.26. The molecule has 136 valence electrons. The number of amides is 1. The molecule has 2 saturated heterocycles. The summed E-state index contributed by atoms with van der Waals surface area (Å²) in [6.45, 7) is 4.43. The van der Waals surface area contributed by atoms with Gasteiger partial charge in [0.25, 0.3) is 5.91 Å². The van der Waals surface area contributed by atoms with Crippen LogP contribution in [0.4, 0.5) is 0 Å². The highest BCUT2D eigenvalue weighted by Gasteiger charge is 2.33. The molecule has 1 aromatic carbocycles. The Bertz CT molecular complexity index is 838. The molecule has 2 fully saturated rings.